The first-order valence-corrected chi connectivity index (χ1v) is 5.39. The van der Waals surface area contributed by atoms with Crippen LogP contribution in [-0.2, 0) is 9.53 Å². The molecule has 0 aromatic rings. The number of carbonyl (C=O) groups is 1. The van der Waals surface area contributed by atoms with Crippen molar-refractivity contribution in [2.75, 3.05) is 26.8 Å². The van der Waals surface area contributed by atoms with Gasteiger partial charge in [0.05, 0.1) is 12.7 Å². The highest BCUT2D eigenvalue weighted by Crippen LogP contribution is 2.23. The zero-order valence-corrected chi connectivity index (χ0v) is 9.82. The van der Waals surface area contributed by atoms with E-state index in [1.165, 1.54) is 0 Å². The molecule has 1 unspecified atom stereocenters. The molecule has 1 rings (SSSR count). The Bertz CT molecular complexity index is 228. The molecule has 0 spiro atoms. The summed E-state index contributed by atoms with van der Waals surface area (Å²) in [4.78, 5) is 13.6. The topological polar surface area (TPSA) is 49.8 Å². The quantitative estimate of drug-likeness (QED) is 0.749. The van der Waals surface area contributed by atoms with Gasteiger partial charge in [0, 0.05) is 26.6 Å². The highest BCUT2D eigenvalue weighted by molar-refractivity contribution is 5.77. The second-order valence-electron chi connectivity index (χ2n) is 5.06. The van der Waals surface area contributed by atoms with Crippen LogP contribution < -0.4 is 0 Å². The number of amides is 1. The van der Waals surface area contributed by atoms with E-state index < -0.39 is 0 Å². The Kier molecular flexibility index (Phi) is 4.11. The van der Waals surface area contributed by atoms with E-state index >= 15 is 0 Å². The van der Waals surface area contributed by atoms with Crippen molar-refractivity contribution >= 4 is 5.91 Å². The van der Waals surface area contributed by atoms with E-state index in [0.29, 0.717) is 32.5 Å². The first-order valence-electron chi connectivity index (χ1n) is 5.39. The van der Waals surface area contributed by atoms with Gasteiger partial charge in [0.2, 0.25) is 5.91 Å². The fraction of sp³-hybridized carbons (Fsp3) is 0.909. The van der Waals surface area contributed by atoms with E-state index in [2.05, 4.69) is 0 Å². The van der Waals surface area contributed by atoms with Crippen molar-refractivity contribution in [2.45, 2.75) is 32.8 Å². The molecule has 1 aliphatic heterocycles. The van der Waals surface area contributed by atoms with Crippen molar-refractivity contribution in [1.82, 2.24) is 4.90 Å². The predicted molar refractivity (Wildman–Crippen MR) is 57.5 cm³/mol. The molecule has 1 N–H and O–H groups in total. The lowest BCUT2D eigenvalue weighted by Gasteiger charge is -2.25. The minimum absolute atomic E-state index is 0.119. The Balaban J connectivity index is 2.41. The Morgan fingerprint density at radius 1 is 1.60 bits per heavy atom. The van der Waals surface area contributed by atoms with Crippen LogP contribution in [0.1, 0.15) is 26.7 Å². The lowest BCUT2D eigenvalue weighted by atomic mass is 9.90. The van der Waals surface area contributed by atoms with Gasteiger partial charge in [-0.05, 0) is 11.8 Å². The summed E-state index contributed by atoms with van der Waals surface area (Å²) in [5, 5.41) is 9.33. The number of carbonyl (C=O) groups excluding carboxylic acids is 1. The van der Waals surface area contributed by atoms with Crippen molar-refractivity contribution in [3.63, 3.8) is 0 Å². The van der Waals surface area contributed by atoms with Crippen LogP contribution in [0.15, 0.2) is 0 Å². The molecule has 1 fully saturated rings. The van der Waals surface area contributed by atoms with E-state index in [4.69, 9.17) is 4.74 Å². The Morgan fingerprint density at radius 2 is 2.27 bits per heavy atom. The number of likely N-dealkylation sites (tertiary alicyclic amines) is 1. The molecule has 4 nitrogen and oxygen atoms in total. The third kappa shape index (κ3) is 3.80. The second kappa shape index (κ2) is 4.94. The highest BCUT2D eigenvalue weighted by atomic mass is 16.5. The monoisotopic (exact) mass is 215 g/mol. The third-order valence-electron chi connectivity index (χ3n) is 2.68. The predicted octanol–water partition coefficient (Wildman–Crippen LogP) is 0.642. The molecule has 1 atom stereocenters. The normalized spacial score (nSPS) is 22.1. The number of β-amino-alcohol motifs (C(OH)–C–C–N with tert-alkyl or cyclic N) is 1. The molecule has 0 aromatic heterocycles. The van der Waals surface area contributed by atoms with Crippen LogP contribution in [0.3, 0.4) is 0 Å². The largest absolute Gasteiger partial charge is 0.391 e. The Labute approximate surface area is 91.2 Å². The summed E-state index contributed by atoms with van der Waals surface area (Å²) in [6, 6.07) is 0. The van der Waals surface area contributed by atoms with Crippen LogP contribution in [0.2, 0.25) is 0 Å². The van der Waals surface area contributed by atoms with Crippen LogP contribution in [0.5, 0.6) is 0 Å². The number of hydrogen-bond donors (Lipinski definition) is 1. The second-order valence-corrected chi connectivity index (χ2v) is 5.06. The number of nitrogens with zero attached hydrogens (tertiary/aromatic N) is 1. The molecular weight excluding hydrogens is 194 g/mol. The summed E-state index contributed by atoms with van der Waals surface area (Å²) >= 11 is 0. The fourth-order valence-corrected chi connectivity index (χ4v) is 1.93. The lowest BCUT2D eigenvalue weighted by molar-refractivity contribution is -0.133. The Hall–Kier alpha value is -0.610. The van der Waals surface area contributed by atoms with Gasteiger partial charge in [0.25, 0.3) is 0 Å². The maximum atomic E-state index is 11.8. The standard InChI is InChI=1S/C11H21NO3/c1-11(2,8-15-3)6-10(14)12-5-4-9(13)7-12/h9,13H,4-8H2,1-3H3. The zero-order valence-electron chi connectivity index (χ0n) is 9.82. The molecule has 0 radical (unpaired) electrons. The maximum absolute atomic E-state index is 11.8. The molecule has 1 amide bonds. The number of hydrogen-bond acceptors (Lipinski definition) is 3. The van der Waals surface area contributed by atoms with E-state index in [1.807, 2.05) is 13.8 Å². The number of aliphatic hydroxyl groups is 1. The van der Waals surface area contributed by atoms with E-state index in [0.717, 1.165) is 0 Å². The van der Waals surface area contributed by atoms with Crippen molar-refractivity contribution in [3.05, 3.63) is 0 Å². The molecule has 1 aliphatic rings. The van der Waals surface area contributed by atoms with Gasteiger partial charge in [-0.2, -0.15) is 0 Å². The van der Waals surface area contributed by atoms with Gasteiger partial charge >= 0.3 is 0 Å². The molecule has 0 aromatic carbocycles. The van der Waals surface area contributed by atoms with Crippen molar-refractivity contribution in [1.29, 1.82) is 0 Å². The van der Waals surface area contributed by atoms with Gasteiger partial charge in [0.15, 0.2) is 0 Å². The van der Waals surface area contributed by atoms with Crippen LogP contribution >= 0.6 is 0 Å². The summed E-state index contributed by atoms with van der Waals surface area (Å²) in [5.74, 6) is 0.119. The van der Waals surface area contributed by atoms with Crippen LogP contribution in [0.25, 0.3) is 0 Å². The molecule has 1 saturated heterocycles. The molecule has 15 heavy (non-hydrogen) atoms. The molecule has 0 saturated carbocycles. The molecule has 0 bridgehead atoms. The van der Waals surface area contributed by atoms with Crippen LogP contribution in [-0.4, -0.2) is 48.8 Å². The number of rotatable bonds is 4. The van der Waals surface area contributed by atoms with E-state index in [1.54, 1.807) is 12.0 Å². The average molecular weight is 215 g/mol. The zero-order chi connectivity index (χ0) is 11.5. The van der Waals surface area contributed by atoms with Crippen LogP contribution in [0, 0.1) is 5.41 Å². The third-order valence-corrected chi connectivity index (χ3v) is 2.68. The van der Waals surface area contributed by atoms with Crippen molar-refractivity contribution in [2.24, 2.45) is 5.41 Å². The van der Waals surface area contributed by atoms with Gasteiger partial charge in [0.1, 0.15) is 0 Å². The summed E-state index contributed by atoms with van der Waals surface area (Å²) in [6.07, 6.45) is 0.851. The lowest BCUT2D eigenvalue weighted by Crippen LogP contribution is -2.34. The molecule has 0 aliphatic carbocycles. The summed E-state index contributed by atoms with van der Waals surface area (Å²) in [7, 11) is 1.64. The first kappa shape index (κ1) is 12.5. The SMILES string of the molecule is COCC(C)(C)CC(=O)N1CCC(O)C1. The summed E-state index contributed by atoms with van der Waals surface area (Å²) in [5.41, 5.74) is -0.126. The summed E-state index contributed by atoms with van der Waals surface area (Å²) < 4.78 is 5.07. The number of aliphatic hydroxyl groups excluding tert-OH is 1. The van der Waals surface area contributed by atoms with Gasteiger partial charge in [-0.25, -0.2) is 0 Å². The first-order chi connectivity index (χ1) is 6.94. The van der Waals surface area contributed by atoms with Crippen molar-refractivity contribution < 1.29 is 14.6 Å². The minimum atomic E-state index is -0.334. The molecule has 88 valence electrons. The Morgan fingerprint density at radius 3 is 2.73 bits per heavy atom. The molecule has 1 heterocycles. The van der Waals surface area contributed by atoms with E-state index in [9.17, 15) is 9.90 Å². The van der Waals surface area contributed by atoms with Gasteiger partial charge in [-0.3, -0.25) is 4.79 Å². The highest BCUT2D eigenvalue weighted by Gasteiger charge is 2.29. The smallest absolute Gasteiger partial charge is 0.223 e. The van der Waals surface area contributed by atoms with Gasteiger partial charge in [-0.15, -0.1) is 0 Å². The molecular formula is C11H21NO3. The maximum Gasteiger partial charge on any atom is 0.223 e. The number of ether oxygens (including phenoxy) is 1. The van der Waals surface area contributed by atoms with Gasteiger partial charge in [-0.1, -0.05) is 13.8 Å². The molecule has 4 heteroatoms. The van der Waals surface area contributed by atoms with E-state index in [-0.39, 0.29) is 17.4 Å². The summed E-state index contributed by atoms with van der Waals surface area (Å²) in [6.45, 7) is 5.78. The van der Waals surface area contributed by atoms with Crippen molar-refractivity contribution in [3.8, 4) is 0 Å². The van der Waals surface area contributed by atoms with Gasteiger partial charge < -0.3 is 14.7 Å². The van der Waals surface area contributed by atoms with Crippen LogP contribution in [0.4, 0.5) is 0 Å². The number of methoxy groups -OCH3 is 1. The average Bonchev–Trinajstić information content (AvgIpc) is 2.50. The minimum Gasteiger partial charge on any atom is -0.391 e. The fourth-order valence-electron chi connectivity index (χ4n) is 1.93.